The molecular formula is C17H18N2O2S. The third-order valence-corrected chi connectivity index (χ3v) is 4.57. The molecule has 2 N–H and O–H groups in total. The molecule has 3 aromatic rings. The number of benzene rings is 1. The number of para-hydroxylation sites is 1. The maximum absolute atomic E-state index is 11.9. The maximum atomic E-state index is 11.9. The fourth-order valence-electron chi connectivity index (χ4n) is 2.59. The highest BCUT2D eigenvalue weighted by molar-refractivity contribution is 7.10. The zero-order chi connectivity index (χ0) is 15.5. The van der Waals surface area contributed by atoms with Crippen LogP contribution in [-0.2, 0) is 18.3 Å². The second-order valence-corrected chi connectivity index (χ2v) is 6.32. The normalized spacial score (nSPS) is 12.5. The number of thiophene rings is 1. The molecule has 0 spiro atoms. The van der Waals surface area contributed by atoms with Crippen LogP contribution in [0.5, 0.6) is 0 Å². The molecule has 4 nitrogen and oxygen atoms in total. The van der Waals surface area contributed by atoms with E-state index >= 15 is 0 Å². The monoisotopic (exact) mass is 314 g/mol. The van der Waals surface area contributed by atoms with E-state index in [1.165, 1.54) is 0 Å². The second-order valence-electron chi connectivity index (χ2n) is 5.29. The van der Waals surface area contributed by atoms with Crippen LogP contribution in [-0.4, -0.2) is 22.1 Å². The van der Waals surface area contributed by atoms with Gasteiger partial charge in [0.2, 0.25) is 5.91 Å². The van der Waals surface area contributed by atoms with Gasteiger partial charge in [0.15, 0.2) is 0 Å². The molecule has 22 heavy (non-hydrogen) atoms. The first-order chi connectivity index (χ1) is 10.6. The Morgan fingerprint density at radius 3 is 2.91 bits per heavy atom. The predicted molar refractivity (Wildman–Crippen MR) is 88.9 cm³/mol. The van der Waals surface area contributed by atoms with E-state index in [0.717, 1.165) is 21.3 Å². The summed E-state index contributed by atoms with van der Waals surface area (Å²) in [5, 5.41) is 16.2. The van der Waals surface area contributed by atoms with Gasteiger partial charge in [0.25, 0.3) is 0 Å². The predicted octanol–water partition coefficient (Wildman–Crippen LogP) is 2.63. The number of aliphatic hydroxyl groups is 1. The lowest BCUT2D eigenvalue weighted by Gasteiger charge is -2.11. The summed E-state index contributed by atoms with van der Waals surface area (Å²) in [6.45, 7) is 0.220. The van der Waals surface area contributed by atoms with Gasteiger partial charge in [0, 0.05) is 41.1 Å². The number of amides is 1. The molecule has 1 unspecified atom stereocenters. The third kappa shape index (κ3) is 3.05. The Hall–Kier alpha value is -2.11. The number of hydrogen-bond donors (Lipinski definition) is 2. The summed E-state index contributed by atoms with van der Waals surface area (Å²) in [5.74, 6) is -0.0678. The zero-order valence-corrected chi connectivity index (χ0v) is 13.1. The summed E-state index contributed by atoms with van der Waals surface area (Å²) >= 11 is 1.56. The summed E-state index contributed by atoms with van der Waals surface area (Å²) < 4.78 is 1.99. The van der Waals surface area contributed by atoms with Crippen LogP contribution in [0.4, 0.5) is 0 Å². The molecule has 2 heterocycles. The van der Waals surface area contributed by atoms with Crippen molar-refractivity contribution in [1.29, 1.82) is 0 Å². The van der Waals surface area contributed by atoms with Crippen LogP contribution < -0.4 is 5.32 Å². The molecule has 0 aliphatic rings. The minimum Gasteiger partial charge on any atom is -0.386 e. The van der Waals surface area contributed by atoms with Crippen molar-refractivity contribution in [2.45, 2.75) is 12.5 Å². The van der Waals surface area contributed by atoms with E-state index in [0.29, 0.717) is 6.42 Å². The molecule has 0 radical (unpaired) electrons. The summed E-state index contributed by atoms with van der Waals surface area (Å²) in [4.78, 5) is 12.9. The van der Waals surface area contributed by atoms with Crippen LogP contribution in [0.15, 0.2) is 48.0 Å². The Morgan fingerprint density at radius 1 is 1.32 bits per heavy atom. The third-order valence-electron chi connectivity index (χ3n) is 3.69. The van der Waals surface area contributed by atoms with E-state index in [4.69, 9.17) is 0 Å². The van der Waals surface area contributed by atoms with Gasteiger partial charge in [0.05, 0.1) is 12.5 Å². The van der Waals surface area contributed by atoms with E-state index in [-0.39, 0.29) is 12.5 Å². The van der Waals surface area contributed by atoms with Crippen molar-refractivity contribution in [3.63, 3.8) is 0 Å². The second kappa shape index (κ2) is 6.34. The van der Waals surface area contributed by atoms with Crippen molar-refractivity contribution in [1.82, 2.24) is 9.88 Å². The van der Waals surface area contributed by atoms with Gasteiger partial charge in [0.1, 0.15) is 0 Å². The van der Waals surface area contributed by atoms with Gasteiger partial charge in [-0.15, -0.1) is 11.3 Å². The van der Waals surface area contributed by atoms with Gasteiger partial charge in [-0.25, -0.2) is 0 Å². The largest absolute Gasteiger partial charge is 0.386 e. The lowest BCUT2D eigenvalue weighted by atomic mass is 10.1. The summed E-state index contributed by atoms with van der Waals surface area (Å²) in [5.41, 5.74) is 1.91. The van der Waals surface area contributed by atoms with Crippen molar-refractivity contribution in [3.8, 4) is 0 Å². The first kappa shape index (κ1) is 14.8. The Morgan fingerprint density at radius 2 is 2.14 bits per heavy atom. The Balaban J connectivity index is 1.66. The Bertz CT molecular complexity index is 777. The smallest absolute Gasteiger partial charge is 0.225 e. The highest BCUT2D eigenvalue weighted by Crippen LogP contribution is 2.25. The number of nitrogens with one attached hydrogen (secondary N) is 1. The van der Waals surface area contributed by atoms with E-state index in [1.807, 2.05) is 59.6 Å². The van der Waals surface area contributed by atoms with Crippen molar-refractivity contribution >= 4 is 28.1 Å². The van der Waals surface area contributed by atoms with Crippen molar-refractivity contribution in [2.24, 2.45) is 7.05 Å². The van der Waals surface area contributed by atoms with Crippen LogP contribution >= 0.6 is 11.3 Å². The number of aryl methyl sites for hydroxylation is 1. The first-order valence-electron chi connectivity index (χ1n) is 7.16. The molecule has 0 saturated carbocycles. The highest BCUT2D eigenvalue weighted by atomic mass is 32.1. The Labute approximate surface area is 133 Å². The average molecular weight is 314 g/mol. The molecule has 0 aliphatic carbocycles. The van der Waals surface area contributed by atoms with Crippen LogP contribution in [0.1, 0.15) is 16.5 Å². The lowest BCUT2D eigenvalue weighted by Crippen LogP contribution is -2.29. The highest BCUT2D eigenvalue weighted by Gasteiger charge is 2.15. The number of carbonyl (C=O) groups is 1. The standard InChI is InChI=1S/C17H18N2O2S/c1-19-11-14(13-6-2-3-7-15(13)19)16(20)10-18-17(21)9-12-5-4-8-22-12/h2-8,11,16,20H,9-10H2,1H3,(H,18,21). The number of carbonyl (C=O) groups excluding carboxylic acids is 1. The van der Waals surface area contributed by atoms with Crippen molar-refractivity contribution in [2.75, 3.05) is 6.54 Å². The maximum Gasteiger partial charge on any atom is 0.225 e. The SMILES string of the molecule is Cn1cc(C(O)CNC(=O)Cc2cccs2)c2ccccc21. The summed E-state index contributed by atoms with van der Waals surface area (Å²) in [6.07, 6.45) is 1.57. The number of rotatable bonds is 5. The molecule has 114 valence electrons. The lowest BCUT2D eigenvalue weighted by molar-refractivity contribution is -0.120. The van der Waals surface area contributed by atoms with Gasteiger partial charge < -0.3 is 15.0 Å². The molecule has 0 aliphatic heterocycles. The van der Waals surface area contributed by atoms with Gasteiger partial charge in [-0.1, -0.05) is 24.3 Å². The van der Waals surface area contributed by atoms with Crippen LogP contribution in [0.25, 0.3) is 10.9 Å². The average Bonchev–Trinajstić information content (AvgIpc) is 3.14. The summed E-state index contributed by atoms with van der Waals surface area (Å²) in [6, 6.07) is 11.8. The first-order valence-corrected chi connectivity index (χ1v) is 8.04. The number of aliphatic hydroxyl groups excluding tert-OH is 1. The number of hydrogen-bond acceptors (Lipinski definition) is 3. The van der Waals surface area contributed by atoms with Crippen LogP contribution in [0.2, 0.25) is 0 Å². The van der Waals surface area contributed by atoms with E-state index in [1.54, 1.807) is 11.3 Å². The number of nitrogens with zero attached hydrogens (tertiary/aromatic N) is 1. The Kier molecular flexibility index (Phi) is 4.27. The molecule has 1 atom stereocenters. The molecule has 0 bridgehead atoms. The summed E-state index contributed by atoms with van der Waals surface area (Å²) in [7, 11) is 1.95. The quantitative estimate of drug-likeness (QED) is 0.760. The van der Waals surface area contributed by atoms with E-state index in [9.17, 15) is 9.90 Å². The molecule has 3 rings (SSSR count). The molecule has 0 saturated heterocycles. The number of aromatic nitrogens is 1. The van der Waals surface area contributed by atoms with E-state index in [2.05, 4.69) is 5.32 Å². The van der Waals surface area contributed by atoms with Crippen molar-refractivity contribution in [3.05, 3.63) is 58.4 Å². The van der Waals surface area contributed by atoms with Crippen molar-refractivity contribution < 1.29 is 9.90 Å². The molecule has 2 aromatic heterocycles. The van der Waals surface area contributed by atoms with Crippen LogP contribution in [0.3, 0.4) is 0 Å². The van der Waals surface area contributed by atoms with E-state index < -0.39 is 6.10 Å². The fraction of sp³-hybridized carbons (Fsp3) is 0.235. The van der Waals surface area contributed by atoms with Gasteiger partial charge in [-0.05, 0) is 17.5 Å². The van der Waals surface area contributed by atoms with Gasteiger partial charge in [-0.2, -0.15) is 0 Å². The molecule has 0 fully saturated rings. The number of fused-ring (bicyclic) bond motifs is 1. The zero-order valence-electron chi connectivity index (χ0n) is 12.3. The molecule has 1 amide bonds. The fourth-order valence-corrected chi connectivity index (χ4v) is 3.30. The van der Waals surface area contributed by atoms with Crippen LogP contribution in [0, 0.1) is 0 Å². The minimum atomic E-state index is -0.710. The van der Waals surface area contributed by atoms with Gasteiger partial charge in [-0.3, -0.25) is 4.79 Å². The molecule has 1 aromatic carbocycles. The molecule has 5 heteroatoms. The topological polar surface area (TPSA) is 54.3 Å². The minimum absolute atomic E-state index is 0.0678. The molecular weight excluding hydrogens is 296 g/mol. The van der Waals surface area contributed by atoms with Gasteiger partial charge >= 0.3 is 0 Å².